The predicted molar refractivity (Wildman–Crippen MR) is 52.0 cm³/mol. The highest BCUT2D eigenvalue weighted by Gasteiger charge is 2.12. The summed E-state index contributed by atoms with van der Waals surface area (Å²) >= 11 is 0. The normalized spacial score (nSPS) is 17.3. The van der Waals surface area contributed by atoms with Crippen LogP contribution in [0.3, 0.4) is 0 Å². The van der Waals surface area contributed by atoms with E-state index in [9.17, 15) is 8.42 Å². The van der Waals surface area contributed by atoms with Crippen molar-refractivity contribution in [3.63, 3.8) is 0 Å². The molecule has 0 bridgehead atoms. The van der Waals surface area contributed by atoms with Crippen molar-refractivity contribution in [2.24, 2.45) is 5.92 Å². The standard InChI is InChI=1S/C8H19NO2S/c1-7(8(2)9-3)5-6-12(4,10)11/h7-9H,5-6H2,1-4H3. The molecule has 0 amide bonds. The molecule has 1 N–H and O–H groups in total. The monoisotopic (exact) mass is 193 g/mol. The number of rotatable bonds is 5. The van der Waals surface area contributed by atoms with Gasteiger partial charge in [-0.2, -0.15) is 0 Å². The summed E-state index contributed by atoms with van der Waals surface area (Å²) in [6.45, 7) is 4.12. The molecule has 0 aliphatic heterocycles. The van der Waals surface area contributed by atoms with Crippen molar-refractivity contribution in [1.29, 1.82) is 0 Å². The highest BCUT2D eigenvalue weighted by atomic mass is 32.2. The van der Waals surface area contributed by atoms with Crippen molar-refractivity contribution in [2.45, 2.75) is 26.3 Å². The van der Waals surface area contributed by atoms with Crippen LogP contribution in [-0.4, -0.2) is 33.5 Å². The molecule has 0 fully saturated rings. The molecule has 12 heavy (non-hydrogen) atoms. The van der Waals surface area contributed by atoms with Crippen LogP contribution in [0.4, 0.5) is 0 Å². The molecule has 0 rings (SSSR count). The summed E-state index contributed by atoms with van der Waals surface area (Å²) in [7, 11) is -0.898. The maximum atomic E-state index is 10.8. The second-order valence-electron chi connectivity index (χ2n) is 3.47. The van der Waals surface area contributed by atoms with Crippen LogP contribution in [0, 0.1) is 5.92 Å². The quantitative estimate of drug-likeness (QED) is 0.698. The first-order chi connectivity index (χ1) is 5.37. The van der Waals surface area contributed by atoms with Crippen LogP contribution < -0.4 is 5.32 Å². The minimum Gasteiger partial charge on any atom is -0.317 e. The lowest BCUT2D eigenvalue weighted by Gasteiger charge is -2.18. The first kappa shape index (κ1) is 11.9. The van der Waals surface area contributed by atoms with Crippen molar-refractivity contribution in [3.05, 3.63) is 0 Å². The fourth-order valence-electron chi connectivity index (χ4n) is 0.934. The van der Waals surface area contributed by atoms with E-state index in [-0.39, 0.29) is 0 Å². The average molecular weight is 193 g/mol. The van der Waals surface area contributed by atoms with Gasteiger partial charge in [0.15, 0.2) is 0 Å². The van der Waals surface area contributed by atoms with E-state index in [0.717, 1.165) is 6.42 Å². The number of sulfone groups is 1. The molecule has 0 aromatic heterocycles. The van der Waals surface area contributed by atoms with Crippen LogP contribution in [0.2, 0.25) is 0 Å². The van der Waals surface area contributed by atoms with E-state index >= 15 is 0 Å². The van der Waals surface area contributed by atoms with E-state index in [0.29, 0.717) is 17.7 Å². The molecule has 0 radical (unpaired) electrons. The van der Waals surface area contributed by atoms with Crippen LogP contribution in [0.1, 0.15) is 20.3 Å². The molecule has 0 saturated heterocycles. The predicted octanol–water partition coefficient (Wildman–Crippen LogP) is 0.665. The zero-order valence-corrected chi connectivity index (χ0v) is 9.11. The molecular weight excluding hydrogens is 174 g/mol. The van der Waals surface area contributed by atoms with Gasteiger partial charge < -0.3 is 5.32 Å². The summed E-state index contributed by atoms with van der Waals surface area (Å²) in [4.78, 5) is 0. The van der Waals surface area contributed by atoms with E-state index < -0.39 is 9.84 Å². The molecule has 3 nitrogen and oxygen atoms in total. The molecule has 0 aromatic rings. The van der Waals surface area contributed by atoms with Gasteiger partial charge in [0.1, 0.15) is 9.84 Å². The Morgan fingerprint density at radius 1 is 1.33 bits per heavy atom. The van der Waals surface area contributed by atoms with Crippen molar-refractivity contribution in [3.8, 4) is 0 Å². The van der Waals surface area contributed by atoms with E-state index in [1.165, 1.54) is 6.26 Å². The van der Waals surface area contributed by atoms with E-state index in [4.69, 9.17) is 0 Å². The topological polar surface area (TPSA) is 46.2 Å². The van der Waals surface area contributed by atoms with E-state index in [2.05, 4.69) is 19.2 Å². The van der Waals surface area contributed by atoms with Crippen molar-refractivity contribution < 1.29 is 8.42 Å². The highest BCUT2D eigenvalue weighted by molar-refractivity contribution is 7.90. The Labute approximate surface area is 75.5 Å². The molecule has 0 aliphatic carbocycles. The summed E-state index contributed by atoms with van der Waals surface area (Å²) < 4.78 is 21.7. The Bertz CT molecular complexity index is 211. The third-order valence-corrected chi connectivity index (χ3v) is 3.23. The number of hydrogen-bond acceptors (Lipinski definition) is 3. The lowest BCUT2D eigenvalue weighted by Crippen LogP contribution is -2.29. The lowest BCUT2D eigenvalue weighted by molar-refractivity contribution is 0.415. The summed E-state index contributed by atoms with van der Waals surface area (Å²) in [6, 6.07) is 0.381. The van der Waals surface area contributed by atoms with Crippen LogP contribution in [-0.2, 0) is 9.84 Å². The largest absolute Gasteiger partial charge is 0.317 e. The van der Waals surface area contributed by atoms with Gasteiger partial charge in [0, 0.05) is 12.3 Å². The smallest absolute Gasteiger partial charge is 0.147 e. The number of hydrogen-bond donors (Lipinski definition) is 1. The van der Waals surface area contributed by atoms with Crippen LogP contribution >= 0.6 is 0 Å². The summed E-state index contributed by atoms with van der Waals surface area (Å²) in [5.41, 5.74) is 0. The Hall–Kier alpha value is -0.0900. The fraction of sp³-hybridized carbons (Fsp3) is 1.00. The van der Waals surface area contributed by atoms with Crippen LogP contribution in [0.5, 0.6) is 0 Å². The Balaban J connectivity index is 3.79. The van der Waals surface area contributed by atoms with E-state index in [1.54, 1.807) is 0 Å². The van der Waals surface area contributed by atoms with Gasteiger partial charge in [-0.05, 0) is 26.3 Å². The summed E-state index contributed by atoms with van der Waals surface area (Å²) in [5, 5.41) is 3.11. The molecule has 74 valence electrons. The van der Waals surface area contributed by atoms with Gasteiger partial charge in [0.05, 0.1) is 5.75 Å². The Morgan fingerprint density at radius 3 is 2.17 bits per heavy atom. The van der Waals surface area contributed by atoms with Gasteiger partial charge in [0.2, 0.25) is 0 Å². The van der Waals surface area contributed by atoms with Crippen molar-refractivity contribution >= 4 is 9.84 Å². The Morgan fingerprint density at radius 2 is 1.83 bits per heavy atom. The van der Waals surface area contributed by atoms with Gasteiger partial charge in [-0.3, -0.25) is 0 Å². The van der Waals surface area contributed by atoms with Gasteiger partial charge in [-0.25, -0.2) is 8.42 Å². The summed E-state index contributed by atoms with van der Waals surface area (Å²) in [6.07, 6.45) is 2.02. The second kappa shape index (κ2) is 4.82. The zero-order valence-electron chi connectivity index (χ0n) is 8.29. The molecule has 0 saturated carbocycles. The minimum absolute atomic E-state index is 0.292. The maximum absolute atomic E-state index is 10.8. The third kappa shape index (κ3) is 5.55. The van der Waals surface area contributed by atoms with E-state index in [1.807, 2.05) is 7.05 Å². The number of nitrogens with one attached hydrogen (secondary N) is 1. The van der Waals surface area contributed by atoms with Gasteiger partial charge in [0.25, 0.3) is 0 Å². The molecule has 0 heterocycles. The minimum atomic E-state index is -2.79. The summed E-state index contributed by atoms with van der Waals surface area (Å²) in [5.74, 6) is 0.699. The SMILES string of the molecule is CNC(C)C(C)CCS(C)(=O)=O. The lowest BCUT2D eigenvalue weighted by atomic mass is 10.0. The highest BCUT2D eigenvalue weighted by Crippen LogP contribution is 2.08. The zero-order chi connectivity index (χ0) is 9.78. The van der Waals surface area contributed by atoms with Crippen molar-refractivity contribution in [2.75, 3.05) is 19.1 Å². The molecular formula is C8H19NO2S. The molecule has 0 spiro atoms. The molecule has 2 unspecified atom stereocenters. The third-order valence-electron chi connectivity index (χ3n) is 2.25. The van der Waals surface area contributed by atoms with Gasteiger partial charge in [-0.1, -0.05) is 6.92 Å². The second-order valence-corrected chi connectivity index (χ2v) is 5.73. The first-order valence-electron chi connectivity index (χ1n) is 4.22. The average Bonchev–Trinajstić information content (AvgIpc) is 1.97. The molecule has 0 aromatic carbocycles. The molecule has 0 aliphatic rings. The van der Waals surface area contributed by atoms with Gasteiger partial charge >= 0.3 is 0 Å². The fourth-order valence-corrected chi connectivity index (χ4v) is 1.73. The molecule has 2 atom stereocenters. The molecule has 4 heteroatoms. The van der Waals surface area contributed by atoms with Crippen LogP contribution in [0.25, 0.3) is 0 Å². The Kier molecular flexibility index (Phi) is 4.78. The van der Waals surface area contributed by atoms with Crippen LogP contribution in [0.15, 0.2) is 0 Å². The first-order valence-corrected chi connectivity index (χ1v) is 6.28. The maximum Gasteiger partial charge on any atom is 0.147 e. The van der Waals surface area contributed by atoms with Gasteiger partial charge in [-0.15, -0.1) is 0 Å². The van der Waals surface area contributed by atoms with Crippen molar-refractivity contribution in [1.82, 2.24) is 5.32 Å².